The second-order valence-corrected chi connectivity index (χ2v) is 5.39. The fourth-order valence-corrected chi connectivity index (χ4v) is 2.67. The van der Waals surface area contributed by atoms with Crippen LogP contribution in [0.4, 0.5) is 0 Å². The zero-order valence-electron chi connectivity index (χ0n) is 14.0. The number of nitrogens with zero attached hydrogens (tertiary/aromatic N) is 1. The highest BCUT2D eigenvalue weighted by molar-refractivity contribution is 5.39. The molecular weight excluding hydrogens is 286 g/mol. The smallest absolute Gasteiger partial charge is 0.122 e. The van der Waals surface area contributed by atoms with Gasteiger partial charge in [0.2, 0.25) is 0 Å². The number of methoxy groups -OCH3 is 1. The molecule has 2 aromatic carbocycles. The predicted molar refractivity (Wildman–Crippen MR) is 92.0 cm³/mol. The maximum atomic E-state index is 9.53. The van der Waals surface area contributed by atoms with Crippen molar-refractivity contribution in [1.29, 1.82) is 5.26 Å². The van der Waals surface area contributed by atoms with E-state index in [-0.39, 0.29) is 5.92 Å². The average Bonchev–Trinajstić information content (AvgIpc) is 2.60. The Morgan fingerprint density at radius 1 is 1.09 bits per heavy atom. The molecule has 0 heterocycles. The van der Waals surface area contributed by atoms with Crippen LogP contribution in [0.1, 0.15) is 36.5 Å². The minimum Gasteiger partial charge on any atom is -0.496 e. The lowest BCUT2D eigenvalue weighted by Crippen LogP contribution is -2.02. The Labute approximate surface area is 138 Å². The van der Waals surface area contributed by atoms with E-state index in [0.717, 1.165) is 29.0 Å². The minimum absolute atomic E-state index is 0.163. The Morgan fingerprint density at radius 3 is 2.39 bits per heavy atom. The standard InChI is InChI=1S/C20H23NO2/c1-4-16-12-15(6-11-20(16)22-3)13-18(14-21)17-7-9-19(10-8-17)23-5-2/h6-12,18H,4-5,13H2,1-3H3. The van der Waals surface area contributed by atoms with Gasteiger partial charge in [-0.3, -0.25) is 0 Å². The molecule has 0 aliphatic carbocycles. The lowest BCUT2D eigenvalue weighted by Gasteiger charge is -2.13. The lowest BCUT2D eigenvalue weighted by molar-refractivity contribution is 0.340. The van der Waals surface area contributed by atoms with Crippen molar-refractivity contribution in [2.45, 2.75) is 32.6 Å². The Morgan fingerprint density at radius 2 is 1.83 bits per heavy atom. The van der Waals surface area contributed by atoms with E-state index in [1.54, 1.807) is 7.11 Å². The zero-order valence-corrected chi connectivity index (χ0v) is 14.0. The fraction of sp³-hybridized carbons (Fsp3) is 0.350. The molecule has 0 saturated carbocycles. The van der Waals surface area contributed by atoms with E-state index in [0.29, 0.717) is 13.0 Å². The van der Waals surface area contributed by atoms with Crippen molar-refractivity contribution in [2.75, 3.05) is 13.7 Å². The molecule has 0 saturated heterocycles. The number of benzene rings is 2. The molecule has 0 N–H and O–H groups in total. The van der Waals surface area contributed by atoms with E-state index in [4.69, 9.17) is 9.47 Å². The van der Waals surface area contributed by atoms with Gasteiger partial charge in [-0.1, -0.05) is 31.2 Å². The highest BCUT2D eigenvalue weighted by Gasteiger charge is 2.13. The van der Waals surface area contributed by atoms with Crippen molar-refractivity contribution in [2.24, 2.45) is 0 Å². The molecule has 2 rings (SSSR count). The van der Waals surface area contributed by atoms with Gasteiger partial charge in [0.25, 0.3) is 0 Å². The maximum absolute atomic E-state index is 9.53. The van der Waals surface area contributed by atoms with Crippen molar-refractivity contribution in [3.05, 3.63) is 59.2 Å². The van der Waals surface area contributed by atoms with Gasteiger partial charge in [-0.15, -0.1) is 0 Å². The summed E-state index contributed by atoms with van der Waals surface area (Å²) in [6.07, 6.45) is 1.61. The first kappa shape index (κ1) is 16.9. The SMILES string of the molecule is CCOc1ccc(C(C#N)Cc2ccc(OC)c(CC)c2)cc1. The van der Waals surface area contributed by atoms with Crippen LogP contribution in [0.3, 0.4) is 0 Å². The van der Waals surface area contributed by atoms with Crippen LogP contribution in [0.2, 0.25) is 0 Å². The Kier molecular flexibility index (Phi) is 6.05. The summed E-state index contributed by atoms with van der Waals surface area (Å²) in [7, 11) is 1.69. The summed E-state index contributed by atoms with van der Waals surface area (Å²) in [5.41, 5.74) is 3.35. The van der Waals surface area contributed by atoms with Crippen LogP contribution in [0.15, 0.2) is 42.5 Å². The van der Waals surface area contributed by atoms with Crippen LogP contribution >= 0.6 is 0 Å². The molecule has 2 aromatic rings. The van der Waals surface area contributed by atoms with E-state index in [1.165, 1.54) is 5.56 Å². The molecule has 0 fully saturated rings. The summed E-state index contributed by atoms with van der Waals surface area (Å²) in [5, 5.41) is 9.53. The maximum Gasteiger partial charge on any atom is 0.122 e. The Hall–Kier alpha value is -2.47. The third-order valence-electron chi connectivity index (χ3n) is 3.91. The molecule has 0 aliphatic rings. The van der Waals surface area contributed by atoms with Crippen molar-refractivity contribution in [3.63, 3.8) is 0 Å². The molecule has 3 nitrogen and oxygen atoms in total. The van der Waals surface area contributed by atoms with Gasteiger partial charge in [0.05, 0.1) is 25.7 Å². The summed E-state index contributed by atoms with van der Waals surface area (Å²) in [6.45, 7) is 4.71. The van der Waals surface area contributed by atoms with E-state index < -0.39 is 0 Å². The number of ether oxygens (including phenoxy) is 2. The van der Waals surface area contributed by atoms with Crippen LogP contribution in [0, 0.1) is 11.3 Å². The average molecular weight is 309 g/mol. The normalized spacial score (nSPS) is 11.6. The van der Waals surface area contributed by atoms with Gasteiger partial charge in [0.15, 0.2) is 0 Å². The van der Waals surface area contributed by atoms with Gasteiger partial charge in [0, 0.05) is 0 Å². The minimum atomic E-state index is -0.163. The van der Waals surface area contributed by atoms with Crippen molar-refractivity contribution < 1.29 is 9.47 Å². The van der Waals surface area contributed by atoms with Crippen molar-refractivity contribution >= 4 is 0 Å². The van der Waals surface area contributed by atoms with Crippen LogP contribution in [-0.2, 0) is 12.8 Å². The van der Waals surface area contributed by atoms with Crippen LogP contribution in [0.25, 0.3) is 0 Å². The van der Waals surface area contributed by atoms with E-state index in [9.17, 15) is 5.26 Å². The van der Waals surface area contributed by atoms with E-state index >= 15 is 0 Å². The summed E-state index contributed by atoms with van der Waals surface area (Å²) in [5.74, 6) is 1.58. The first-order chi connectivity index (χ1) is 11.2. The first-order valence-electron chi connectivity index (χ1n) is 8.00. The van der Waals surface area contributed by atoms with Crippen molar-refractivity contribution in [1.82, 2.24) is 0 Å². The third kappa shape index (κ3) is 4.26. The van der Waals surface area contributed by atoms with Crippen LogP contribution in [0.5, 0.6) is 11.5 Å². The largest absolute Gasteiger partial charge is 0.496 e. The van der Waals surface area contributed by atoms with E-state index in [1.807, 2.05) is 43.3 Å². The lowest BCUT2D eigenvalue weighted by atomic mass is 9.92. The summed E-state index contributed by atoms with van der Waals surface area (Å²) in [4.78, 5) is 0. The number of nitriles is 1. The van der Waals surface area contributed by atoms with Crippen LogP contribution < -0.4 is 9.47 Å². The molecule has 0 aliphatic heterocycles. The molecule has 3 heteroatoms. The molecule has 0 bridgehead atoms. The summed E-state index contributed by atoms with van der Waals surface area (Å²) < 4.78 is 10.8. The highest BCUT2D eigenvalue weighted by Crippen LogP contribution is 2.26. The number of hydrogen-bond donors (Lipinski definition) is 0. The van der Waals surface area contributed by atoms with Crippen molar-refractivity contribution in [3.8, 4) is 17.6 Å². The molecule has 23 heavy (non-hydrogen) atoms. The first-order valence-corrected chi connectivity index (χ1v) is 8.00. The Bertz CT molecular complexity index is 671. The molecule has 120 valence electrons. The van der Waals surface area contributed by atoms with Gasteiger partial charge < -0.3 is 9.47 Å². The highest BCUT2D eigenvalue weighted by atomic mass is 16.5. The molecule has 0 amide bonds. The number of hydrogen-bond acceptors (Lipinski definition) is 3. The molecule has 0 spiro atoms. The van der Waals surface area contributed by atoms with Gasteiger partial charge in [-0.25, -0.2) is 0 Å². The quantitative estimate of drug-likeness (QED) is 0.756. The van der Waals surface area contributed by atoms with E-state index in [2.05, 4.69) is 19.1 Å². The topological polar surface area (TPSA) is 42.2 Å². The van der Waals surface area contributed by atoms with Gasteiger partial charge in [-0.05, 0) is 54.7 Å². The second-order valence-electron chi connectivity index (χ2n) is 5.39. The van der Waals surface area contributed by atoms with Gasteiger partial charge >= 0.3 is 0 Å². The molecule has 1 unspecified atom stereocenters. The summed E-state index contributed by atoms with van der Waals surface area (Å²) in [6, 6.07) is 16.4. The summed E-state index contributed by atoms with van der Waals surface area (Å²) >= 11 is 0. The molecule has 0 aromatic heterocycles. The second kappa shape index (κ2) is 8.24. The predicted octanol–water partition coefficient (Wildman–Crippen LogP) is 4.51. The fourth-order valence-electron chi connectivity index (χ4n) is 2.67. The zero-order chi connectivity index (χ0) is 16.7. The third-order valence-corrected chi connectivity index (χ3v) is 3.91. The number of aryl methyl sites for hydroxylation is 1. The molecule has 0 radical (unpaired) electrons. The van der Waals surface area contributed by atoms with Crippen LogP contribution in [-0.4, -0.2) is 13.7 Å². The van der Waals surface area contributed by atoms with Gasteiger partial charge in [-0.2, -0.15) is 5.26 Å². The molecular formula is C20H23NO2. The number of rotatable bonds is 7. The van der Waals surface area contributed by atoms with Gasteiger partial charge in [0.1, 0.15) is 11.5 Å². The molecule has 1 atom stereocenters. The monoisotopic (exact) mass is 309 g/mol. The Balaban J connectivity index is 2.17.